The van der Waals surface area contributed by atoms with Gasteiger partial charge in [-0.2, -0.15) is 11.8 Å². The van der Waals surface area contributed by atoms with E-state index in [0.29, 0.717) is 0 Å². The van der Waals surface area contributed by atoms with Crippen molar-refractivity contribution < 1.29 is 4.39 Å². The van der Waals surface area contributed by atoms with Crippen LogP contribution >= 0.6 is 27.7 Å². The van der Waals surface area contributed by atoms with Gasteiger partial charge in [-0.1, -0.05) is 22.0 Å². The Hall–Kier alpha value is -0.0600. The first-order chi connectivity index (χ1) is 7.15. The van der Waals surface area contributed by atoms with Gasteiger partial charge in [0.2, 0.25) is 0 Å². The van der Waals surface area contributed by atoms with Crippen molar-refractivity contribution in [3.8, 4) is 0 Å². The van der Waals surface area contributed by atoms with Crippen LogP contribution in [-0.2, 0) is 0 Å². The van der Waals surface area contributed by atoms with Crippen molar-refractivity contribution in [2.24, 2.45) is 0 Å². The van der Waals surface area contributed by atoms with Gasteiger partial charge in [0.05, 0.1) is 0 Å². The molecule has 0 heterocycles. The molecule has 0 radical (unpaired) electrons. The van der Waals surface area contributed by atoms with Crippen LogP contribution in [-0.4, -0.2) is 18.6 Å². The lowest BCUT2D eigenvalue weighted by atomic mass is 10.1. The average Bonchev–Trinajstić information content (AvgIpc) is 2.17. The monoisotopic (exact) mass is 291 g/mol. The summed E-state index contributed by atoms with van der Waals surface area (Å²) in [4.78, 5) is 0. The number of hydrogen-bond donors (Lipinski definition) is 1. The van der Waals surface area contributed by atoms with E-state index in [-0.39, 0.29) is 11.9 Å². The maximum atomic E-state index is 13.5. The minimum atomic E-state index is -0.159. The Morgan fingerprint density at radius 3 is 2.87 bits per heavy atom. The summed E-state index contributed by atoms with van der Waals surface area (Å²) in [6, 6.07) is 5.24. The molecule has 0 aliphatic rings. The average molecular weight is 292 g/mol. The Morgan fingerprint density at radius 2 is 2.27 bits per heavy atom. The van der Waals surface area contributed by atoms with Gasteiger partial charge in [-0.05, 0) is 25.3 Å². The van der Waals surface area contributed by atoms with Gasteiger partial charge in [0, 0.05) is 28.4 Å². The maximum Gasteiger partial charge on any atom is 0.129 e. The molecule has 0 spiro atoms. The largest absolute Gasteiger partial charge is 0.309 e. The number of benzene rings is 1. The summed E-state index contributed by atoms with van der Waals surface area (Å²) >= 11 is 5.03. The lowest BCUT2D eigenvalue weighted by Crippen LogP contribution is -2.22. The number of rotatable bonds is 5. The Balaban J connectivity index is 2.61. The third-order valence-corrected chi connectivity index (χ3v) is 3.29. The van der Waals surface area contributed by atoms with Crippen molar-refractivity contribution in [1.29, 1.82) is 0 Å². The first-order valence-electron chi connectivity index (χ1n) is 4.82. The topological polar surface area (TPSA) is 12.0 Å². The smallest absolute Gasteiger partial charge is 0.129 e. The molecule has 0 aliphatic heterocycles. The highest BCUT2D eigenvalue weighted by molar-refractivity contribution is 9.10. The molecule has 0 bridgehead atoms. The molecule has 4 heteroatoms. The third kappa shape index (κ3) is 4.13. The van der Waals surface area contributed by atoms with Crippen molar-refractivity contribution in [2.45, 2.75) is 13.0 Å². The van der Waals surface area contributed by atoms with Gasteiger partial charge >= 0.3 is 0 Å². The van der Waals surface area contributed by atoms with Gasteiger partial charge < -0.3 is 5.32 Å². The van der Waals surface area contributed by atoms with Crippen LogP contribution in [0.3, 0.4) is 0 Å². The lowest BCUT2D eigenvalue weighted by molar-refractivity contribution is 0.542. The molecular formula is C11H15BrFNS. The fraction of sp³-hybridized carbons (Fsp3) is 0.455. The van der Waals surface area contributed by atoms with Crippen molar-refractivity contribution in [2.75, 3.05) is 18.6 Å². The van der Waals surface area contributed by atoms with Crippen LogP contribution in [0.5, 0.6) is 0 Å². The number of nitrogens with one attached hydrogen (secondary N) is 1. The zero-order valence-electron chi connectivity index (χ0n) is 8.89. The molecule has 0 fully saturated rings. The van der Waals surface area contributed by atoms with E-state index in [2.05, 4.69) is 27.5 Å². The van der Waals surface area contributed by atoms with E-state index in [1.807, 2.05) is 19.1 Å². The van der Waals surface area contributed by atoms with E-state index < -0.39 is 0 Å². The molecule has 1 unspecified atom stereocenters. The molecule has 0 aliphatic carbocycles. The quantitative estimate of drug-likeness (QED) is 0.832. The molecule has 15 heavy (non-hydrogen) atoms. The Labute approximate surface area is 103 Å². The fourth-order valence-electron chi connectivity index (χ4n) is 1.34. The zero-order valence-corrected chi connectivity index (χ0v) is 11.3. The summed E-state index contributed by atoms with van der Waals surface area (Å²) in [7, 11) is 0. The van der Waals surface area contributed by atoms with Crippen LogP contribution in [0, 0.1) is 5.82 Å². The second-order valence-corrected chi connectivity index (χ2v) is 5.24. The second kappa shape index (κ2) is 6.51. The molecule has 1 N–H and O–H groups in total. The predicted molar refractivity (Wildman–Crippen MR) is 68.9 cm³/mol. The van der Waals surface area contributed by atoms with E-state index in [4.69, 9.17) is 0 Å². The summed E-state index contributed by atoms with van der Waals surface area (Å²) in [6.45, 7) is 2.88. The minimum Gasteiger partial charge on any atom is -0.309 e. The second-order valence-electron chi connectivity index (χ2n) is 3.33. The van der Waals surface area contributed by atoms with E-state index >= 15 is 0 Å². The molecule has 1 atom stereocenters. The molecule has 1 aromatic rings. The van der Waals surface area contributed by atoms with E-state index in [1.165, 1.54) is 6.07 Å². The molecule has 0 saturated carbocycles. The summed E-state index contributed by atoms with van der Waals surface area (Å²) < 4.78 is 14.3. The van der Waals surface area contributed by atoms with Crippen LogP contribution in [0.1, 0.15) is 18.5 Å². The Morgan fingerprint density at radius 1 is 1.53 bits per heavy atom. The summed E-state index contributed by atoms with van der Waals surface area (Å²) in [5, 5.41) is 3.28. The van der Waals surface area contributed by atoms with Gasteiger partial charge in [0.25, 0.3) is 0 Å². The number of hydrogen-bond acceptors (Lipinski definition) is 2. The van der Waals surface area contributed by atoms with Gasteiger partial charge in [0.1, 0.15) is 5.82 Å². The molecule has 1 aromatic carbocycles. The molecule has 0 saturated heterocycles. The summed E-state index contributed by atoms with van der Waals surface area (Å²) in [5.74, 6) is 0.885. The molecule has 0 aromatic heterocycles. The first-order valence-corrected chi connectivity index (χ1v) is 7.01. The molecule has 1 nitrogen and oxygen atoms in total. The van der Waals surface area contributed by atoms with Crippen LogP contribution < -0.4 is 5.32 Å². The van der Waals surface area contributed by atoms with Gasteiger partial charge in [0.15, 0.2) is 0 Å². The SMILES string of the molecule is CSCCNC(C)c1ccc(Br)cc1F. The lowest BCUT2D eigenvalue weighted by Gasteiger charge is -2.14. The molecular weight excluding hydrogens is 277 g/mol. The number of halogens is 2. The van der Waals surface area contributed by atoms with Crippen molar-refractivity contribution in [1.82, 2.24) is 5.32 Å². The molecule has 84 valence electrons. The van der Waals surface area contributed by atoms with E-state index in [1.54, 1.807) is 11.8 Å². The standard InChI is InChI=1S/C11H15BrFNS/c1-8(14-5-6-15-2)10-4-3-9(12)7-11(10)13/h3-4,7-8,14H,5-6H2,1-2H3. The van der Waals surface area contributed by atoms with E-state index in [0.717, 1.165) is 22.3 Å². The van der Waals surface area contributed by atoms with Gasteiger partial charge in [-0.25, -0.2) is 4.39 Å². The van der Waals surface area contributed by atoms with Gasteiger partial charge in [-0.15, -0.1) is 0 Å². The third-order valence-electron chi connectivity index (χ3n) is 2.19. The van der Waals surface area contributed by atoms with Crippen LogP contribution in [0.4, 0.5) is 4.39 Å². The first kappa shape index (κ1) is 13.0. The molecule has 0 amide bonds. The van der Waals surface area contributed by atoms with Crippen molar-refractivity contribution in [3.05, 3.63) is 34.1 Å². The van der Waals surface area contributed by atoms with Crippen molar-refractivity contribution >= 4 is 27.7 Å². The maximum absolute atomic E-state index is 13.5. The Kier molecular flexibility index (Phi) is 5.64. The Bertz CT molecular complexity index is 319. The summed E-state index contributed by atoms with van der Waals surface area (Å²) in [6.07, 6.45) is 2.06. The minimum absolute atomic E-state index is 0.0604. The number of thioether (sulfide) groups is 1. The van der Waals surface area contributed by atoms with Gasteiger partial charge in [-0.3, -0.25) is 0 Å². The van der Waals surface area contributed by atoms with Crippen LogP contribution in [0.25, 0.3) is 0 Å². The highest BCUT2D eigenvalue weighted by Gasteiger charge is 2.09. The van der Waals surface area contributed by atoms with Crippen molar-refractivity contribution in [3.63, 3.8) is 0 Å². The fourth-order valence-corrected chi connectivity index (χ4v) is 2.00. The predicted octanol–water partition coefficient (Wildman–Crippen LogP) is 3.60. The van der Waals surface area contributed by atoms with E-state index in [9.17, 15) is 4.39 Å². The highest BCUT2D eigenvalue weighted by Crippen LogP contribution is 2.20. The summed E-state index contributed by atoms with van der Waals surface area (Å²) in [5.41, 5.74) is 0.722. The zero-order chi connectivity index (χ0) is 11.3. The van der Waals surface area contributed by atoms with Crippen LogP contribution in [0.2, 0.25) is 0 Å². The highest BCUT2D eigenvalue weighted by atomic mass is 79.9. The molecule has 1 rings (SSSR count). The van der Waals surface area contributed by atoms with Crippen LogP contribution in [0.15, 0.2) is 22.7 Å². The normalized spacial score (nSPS) is 12.8.